The third-order valence-corrected chi connectivity index (χ3v) is 4.37. The lowest BCUT2D eigenvalue weighted by atomic mass is 9.99. The van der Waals surface area contributed by atoms with Gasteiger partial charge in [-0.2, -0.15) is 0 Å². The van der Waals surface area contributed by atoms with Crippen LogP contribution >= 0.6 is 15.9 Å². The quantitative estimate of drug-likeness (QED) is 0.798. The Labute approximate surface area is 120 Å². The number of halogens is 2. The van der Waals surface area contributed by atoms with Gasteiger partial charge in [0.25, 0.3) is 0 Å². The SMILES string of the molecule is COC(=O)C1CN(Cc2cc(F)ccc2Br)CC1C. The molecule has 0 saturated carbocycles. The van der Waals surface area contributed by atoms with Gasteiger partial charge in [-0.15, -0.1) is 0 Å². The fourth-order valence-corrected chi connectivity index (χ4v) is 2.93. The summed E-state index contributed by atoms with van der Waals surface area (Å²) in [4.78, 5) is 13.8. The van der Waals surface area contributed by atoms with Crippen LogP contribution in [0.5, 0.6) is 0 Å². The van der Waals surface area contributed by atoms with Crippen molar-refractivity contribution in [1.29, 1.82) is 0 Å². The minimum Gasteiger partial charge on any atom is -0.469 e. The molecule has 1 aromatic carbocycles. The molecule has 1 fully saturated rings. The molecule has 0 radical (unpaired) electrons. The average molecular weight is 330 g/mol. The van der Waals surface area contributed by atoms with Gasteiger partial charge < -0.3 is 4.74 Å². The van der Waals surface area contributed by atoms with Crippen molar-refractivity contribution in [3.05, 3.63) is 34.1 Å². The third-order valence-electron chi connectivity index (χ3n) is 3.59. The second-order valence-electron chi connectivity index (χ2n) is 5.04. The van der Waals surface area contributed by atoms with E-state index in [0.29, 0.717) is 13.1 Å². The Morgan fingerprint density at radius 3 is 2.95 bits per heavy atom. The minimum absolute atomic E-state index is 0.0858. The van der Waals surface area contributed by atoms with Crippen LogP contribution in [0.25, 0.3) is 0 Å². The molecule has 104 valence electrons. The molecule has 2 rings (SSSR count). The Kier molecular flexibility index (Phi) is 4.58. The average Bonchev–Trinajstić information content (AvgIpc) is 2.74. The van der Waals surface area contributed by atoms with E-state index in [4.69, 9.17) is 4.74 Å². The molecule has 0 N–H and O–H groups in total. The van der Waals surface area contributed by atoms with E-state index in [1.54, 1.807) is 6.07 Å². The van der Waals surface area contributed by atoms with Crippen molar-refractivity contribution >= 4 is 21.9 Å². The van der Waals surface area contributed by atoms with Crippen molar-refractivity contribution in [3.63, 3.8) is 0 Å². The first-order valence-corrected chi connectivity index (χ1v) is 7.04. The highest BCUT2D eigenvalue weighted by Gasteiger charge is 2.35. The lowest BCUT2D eigenvalue weighted by Gasteiger charge is -2.16. The van der Waals surface area contributed by atoms with Gasteiger partial charge in [-0.3, -0.25) is 9.69 Å². The first kappa shape index (κ1) is 14.5. The second kappa shape index (κ2) is 6.01. The number of methoxy groups -OCH3 is 1. The van der Waals surface area contributed by atoms with Crippen LogP contribution in [0.15, 0.2) is 22.7 Å². The Hall–Kier alpha value is -0.940. The summed E-state index contributed by atoms with van der Waals surface area (Å²) in [5.41, 5.74) is 0.901. The molecule has 5 heteroatoms. The molecule has 19 heavy (non-hydrogen) atoms. The standard InChI is InChI=1S/C14H17BrFNO2/c1-9-6-17(8-12(9)14(18)19-2)7-10-5-11(16)3-4-13(10)15/h3-5,9,12H,6-8H2,1-2H3. The first-order chi connectivity index (χ1) is 9.01. The lowest BCUT2D eigenvalue weighted by Crippen LogP contribution is -2.24. The van der Waals surface area contributed by atoms with Crippen molar-refractivity contribution < 1.29 is 13.9 Å². The molecule has 1 saturated heterocycles. The highest BCUT2D eigenvalue weighted by molar-refractivity contribution is 9.10. The van der Waals surface area contributed by atoms with Gasteiger partial charge in [-0.05, 0) is 29.7 Å². The highest BCUT2D eigenvalue weighted by Crippen LogP contribution is 2.27. The molecule has 0 amide bonds. The zero-order valence-electron chi connectivity index (χ0n) is 11.0. The smallest absolute Gasteiger partial charge is 0.310 e. The number of hydrogen-bond acceptors (Lipinski definition) is 3. The van der Waals surface area contributed by atoms with Crippen molar-refractivity contribution in [2.24, 2.45) is 11.8 Å². The maximum atomic E-state index is 13.2. The summed E-state index contributed by atoms with van der Waals surface area (Å²) < 4.78 is 18.9. The van der Waals surface area contributed by atoms with Crippen LogP contribution in [0.3, 0.4) is 0 Å². The summed E-state index contributed by atoms with van der Waals surface area (Å²) in [5, 5.41) is 0. The Morgan fingerprint density at radius 2 is 2.26 bits per heavy atom. The van der Waals surface area contributed by atoms with Crippen LogP contribution in [-0.2, 0) is 16.1 Å². The number of benzene rings is 1. The number of carbonyl (C=O) groups excluding carboxylic acids is 1. The molecule has 0 bridgehead atoms. The zero-order valence-corrected chi connectivity index (χ0v) is 12.6. The second-order valence-corrected chi connectivity index (χ2v) is 5.89. The van der Waals surface area contributed by atoms with E-state index in [9.17, 15) is 9.18 Å². The normalized spacial score (nSPS) is 23.6. The number of likely N-dealkylation sites (tertiary alicyclic amines) is 1. The maximum absolute atomic E-state index is 13.2. The fourth-order valence-electron chi connectivity index (χ4n) is 2.56. The molecule has 0 aromatic heterocycles. The van der Waals surface area contributed by atoms with Crippen LogP contribution in [0.2, 0.25) is 0 Å². The van der Waals surface area contributed by atoms with Gasteiger partial charge in [-0.25, -0.2) is 4.39 Å². The maximum Gasteiger partial charge on any atom is 0.310 e. The Morgan fingerprint density at radius 1 is 1.53 bits per heavy atom. The number of rotatable bonds is 3. The van der Waals surface area contributed by atoms with Crippen LogP contribution < -0.4 is 0 Å². The van der Waals surface area contributed by atoms with E-state index in [1.165, 1.54) is 19.2 Å². The molecular weight excluding hydrogens is 313 g/mol. The molecule has 1 aliphatic heterocycles. The summed E-state index contributed by atoms with van der Waals surface area (Å²) >= 11 is 3.43. The molecule has 1 heterocycles. The van der Waals surface area contributed by atoms with Crippen molar-refractivity contribution in [2.45, 2.75) is 13.5 Å². The van der Waals surface area contributed by atoms with Crippen LogP contribution in [-0.4, -0.2) is 31.1 Å². The van der Waals surface area contributed by atoms with E-state index in [2.05, 4.69) is 20.8 Å². The van der Waals surface area contributed by atoms with E-state index in [-0.39, 0.29) is 23.6 Å². The summed E-state index contributed by atoms with van der Waals surface area (Å²) in [7, 11) is 1.42. The Balaban J connectivity index is 2.05. The molecule has 0 aliphatic carbocycles. The molecule has 3 nitrogen and oxygen atoms in total. The van der Waals surface area contributed by atoms with Crippen LogP contribution in [0, 0.1) is 17.7 Å². The largest absolute Gasteiger partial charge is 0.469 e. The first-order valence-electron chi connectivity index (χ1n) is 6.25. The monoisotopic (exact) mass is 329 g/mol. The summed E-state index contributed by atoms with van der Waals surface area (Å²) in [6.07, 6.45) is 0. The zero-order chi connectivity index (χ0) is 14.0. The van der Waals surface area contributed by atoms with Gasteiger partial charge in [-0.1, -0.05) is 22.9 Å². The molecule has 0 spiro atoms. The van der Waals surface area contributed by atoms with Gasteiger partial charge in [0.2, 0.25) is 0 Å². The van der Waals surface area contributed by atoms with E-state index >= 15 is 0 Å². The molecule has 2 unspecified atom stereocenters. The van der Waals surface area contributed by atoms with Crippen LogP contribution in [0.4, 0.5) is 4.39 Å². The van der Waals surface area contributed by atoms with Gasteiger partial charge in [0.1, 0.15) is 5.82 Å². The Bertz CT molecular complexity index is 481. The van der Waals surface area contributed by atoms with Gasteiger partial charge in [0.15, 0.2) is 0 Å². The number of carbonyl (C=O) groups is 1. The summed E-state index contributed by atoms with van der Waals surface area (Å²) in [5.74, 6) is -0.222. The predicted molar refractivity (Wildman–Crippen MR) is 74.0 cm³/mol. The molecule has 1 aromatic rings. The van der Waals surface area contributed by atoms with Gasteiger partial charge >= 0.3 is 5.97 Å². The number of esters is 1. The van der Waals surface area contributed by atoms with Crippen molar-refractivity contribution in [1.82, 2.24) is 4.90 Å². The van der Waals surface area contributed by atoms with Crippen molar-refractivity contribution in [2.75, 3.05) is 20.2 Å². The predicted octanol–water partition coefficient (Wildman–Crippen LogP) is 2.83. The summed E-state index contributed by atoms with van der Waals surface area (Å²) in [6.45, 7) is 4.16. The third kappa shape index (κ3) is 3.34. The molecule has 1 aliphatic rings. The summed E-state index contributed by atoms with van der Waals surface area (Å²) in [6, 6.07) is 4.67. The van der Waals surface area contributed by atoms with E-state index in [1.807, 2.05) is 6.92 Å². The fraction of sp³-hybridized carbons (Fsp3) is 0.500. The topological polar surface area (TPSA) is 29.5 Å². The lowest BCUT2D eigenvalue weighted by molar-refractivity contribution is -0.146. The van der Waals surface area contributed by atoms with Gasteiger partial charge in [0, 0.05) is 24.1 Å². The van der Waals surface area contributed by atoms with E-state index in [0.717, 1.165) is 16.6 Å². The van der Waals surface area contributed by atoms with Crippen LogP contribution in [0.1, 0.15) is 12.5 Å². The number of hydrogen-bond donors (Lipinski definition) is 0. The number of ether oxygens (including phenoxy) is 1. The molecular formula is C14H17BrFNO2. The number of nitrogens with zero attached hydrogens (tertiary/aromatic N) is 1. The van der Waals surface area contributed by atoms with E-state index < -0.39 is 0 Å². The minimum atomic E-state index is -0.241. The van der Waals surface area contributed by atoms with Gasteiger partial charge in [0.05, 0.1) is 13.0 Å². The van der Waals surface area contributed by atoms with Crippen molar-refractivity contribution in [3.8, 4) is 0 Å². The highest BCUT2D eigenvalue weighted by atomic mass is 79.9. The molecule has 2 atom stereocenters.